The van der Waals surface area contributed by atoms with E-state index in [0.717, 1.165) is 11.8 Å². The summed E-state index contributed by atoms with van der Waals surface area (Å²) in [6, 6.07) is 13.0. The number of hydrogen-bond donors (Lipinski definition) is 1. The first kappa shape index (κ1) is 13.0. The van der Waals surface area contributed by atoms with Gasteiger partial charge in [-0.2, -0.15) is 0 Å². The van der Waals surface area contributed by atoms with Crippen LogP contribution in [-0.2, 0) is 0 Å². The molecule has 1 saturated carbocycles. The standard InChI is InChI=1S/C19H22N2/c1-2-4-15(5-3-1)16-9-18(13-21-11-16)19-7-6-14-8-17(19)12-20-10-14/h1-5,9,11,13-14,17,19-20H,6-8,10,12H2. The van der Waals surface area contributed by atoms with Crippen molar-refractivity contribution < 1.29 is 0 Å². The minimum absolute atomic E-state index is 0.685. The molecule has 2 heterocycles. The van der Waals surface area contributed by atoms with Crippen molar-refractivity contribution in [2.45, 2.75) is 25.2 Å². The van der Waals surface area contributed by atoms with Gasteiger partial charge >= 0.3 is 0 Å². The minimum atomic E-state index is 0.685. The van der Waals surface area contributed by atoms with Crippen molar-refractivity contribution in [3.05, 3.63) is 54.4 Å². The van der Waals surface area contributed by atoms with Crippen molar-refractivity contribution in [3.8, 4) is 11.1 Å². The molecule has 4 rings (SSSR count). The molecule has 1 saturated heterocycles. The highest BCUT2D eigenvalue weighted by molar-refractivity contribution is 5.63. The zero-order chi connectivity index (χ0) is 14.1. The molecule has 2 fully saturated rings. The number of nitrogens with one attached hydrogen (secondary N) is 1. The van der Waals surface area contributed by atoms with Gasteiger partial charge in [0.1, 0.15) is 0 Å². The number of fused-ring (bicyclic) bond motifs is 2. The van der Waals surface area contributed by atoms with Crippen molar-refractivity contribution in [2.75, 3.05) is 13.1 Å². The topological polar surface area (TPSA) is 24.9 Å². The predicted octanol–water partition coefficient (Wildman–Crippen LogP) is 3.85. The predicted molar refractivity (Wildman–Crippen MR) is 86.1 cm³/mol. The molecule has 0 amide bonds. The molecule has 108 valence electrons. The lowest BCUT2D eigenvalue weighted by Crippen LogP contribution is -2.42. The van der Waals surface area contributed by atoms with E-state index in [2.05, 4.69) is 52.9 Å². The third-order valence-corrected chi connectivity index (χ3v) is 5.23. The molecule has 2 aliphatic rings. The normalized spacial score (nSPS) is 28.3. The van der Waals surface area contributed by atoms with Gasteiger partial charge in [-0.3, -0.25) is 4.98 Å². The fourth-order valence-corrected chi connectivity index (χ4v) is 4.13. The molecule has 2 nitrogen and oxygen atoms in total. The molecule has 0 spiro atoms. The lowest BCUT2D eigenvalue weighted by Gasteiger charge is -2.40. The van der Waals surface area contributed by atoms with Crippen molar-refractivity contribution in [1.29, 1.82) is 0 Å². The smallest absolute Gasteiger partial charge is 0.0346 e. The van der Waals surface area contributed by atoms with Crippen molar-refractivity contribution >= 4 is 0 Å². The van der Waals surface area contributed by atoms with E-state index in [0.29, 0.717) is 5.92 Å². The lowest BCUT2D eigenvalue weighted by molar-refractivity contribution is 0.180. The van der Waals surface area contributed by atoms with Gasteiger partial charge < -0.3 is 5.32 Å². The molecule has 3 unspecified atom stereocenters. The molecule has 21 heavy (non-hydrogen) atoms. The number of nitrogens with zero attached hydrogens (tertiary/aromatic N) is 1. The molecule has 3 atom stereocenters. The van der Waals surface area contributed by atoms with Crippen molar-refractivity contribution in [1.82, 2.24) is 10.3 Å². The highest BCUT2D eigenvalue weighted by Crippen LogP contribution is 2.42. The van der Waals surface area contributed by atoms with Gasteiger partial charge in [-0.1, -0.05) is 30.3 Å². The average Bonchev–Trinajstić information content (AvgIpc) is 2.56. The van der Waals surface area contributed by atoms with E-state index in [-0.39, 0.29) is 0 Å². The summed E-state index contributed by atoms with van der Waals surface area (Å²) >= 11 is 0. The van der Waals surface area contributed by atoms with Gasteiger partial charge in [0.25, 0.3) is 0 Å². The van der Waals surface area contributed by atoms with Crippen molar-refractivity contribution in [2.24, 2.45) is 11.8 Å². The molecule has 0 radical (unpaired) electrons. The van der Waals surface area contributed by atoms with E-state index in [9.17, 15) is 0 Å². The largest absolute Gasteiger partial charge is 0.316 e. The summed E-state index contributed by atoms with van der Waals surface area (Å²) < 4.78 is 0. The second kappa shape index (κ2) is 5.61. The summed E-state index contributed by atoms with van der Waals surface area (Å²) in [6.07, 6.45) is 8.17. The fraction of sp³-hybridized carbons (Fsp3) is 0.421. The van der Waals surface area contributed by atoms with Crippen LogP contribution in [0.3, 0.4) is 0 Å². The number of rotatable bonds is 2. The Morgan fingerprint density at radius 3 is 2.76 bits per heavy atom. The molecule has 1 aliphatic carbocycles. The van der Waals surface area contributed by atoms with Crippen LogP contribution in [0.5, 0.6) is 0 Å². The van der Waals surface area contributed by atoms with Crippen LogP contribution in [0.1, 0.15) is 30.7 Å². The summed E-state index contributed by atoms with van der Waals surface area (Å²) in [7, 11) is 0. The zero-order valence-electron chi connectivity index (χ0n) is 12.3. The maximum absolute atomic E-state index is 4.52. The van der Waals surface area contributed by atoms with Crippen LogP contribution in [0.2, 0.25) is 0 Å². The third kappa shape index (κ3) is 2.60. The molecular weight excluding hydrogens is 256 g/mol. The van der Waals surface area contributed by atoms with E-state index in [1.54, 1.807) is 0 Å². The monoisotopic (exact) mass is 278 g/mol. The van der Waals surface area contributed by atoms with Crippen LogP contribution in [0, 0.1) is 11.8 Å². The molecule has 2 aromatic rings. The first-order valence-corrected chi connectivity index (χ1v) is 8.11. The van der Waals surface area contributed by atoms with Crippen LogP contribution in [0.4, 0.5) is 0 Å². The van der Waals surface area contributed by atoms with Crippen LogP contribution in [0.15, 0.2) is 48.8 Å². The SMILES string of the molecule is c1ccc(-c2cncc(C3CCC4CNCC3C4)c2)cc1. The minimum Gasteiger partial charge on any atom is -0.316 e. The molecule has 1 aromatic heterocycles. The molecular formula is C19H22N2. The Morgan fingerprint density at radius 2 is 1.86 bits per heavy atom. The van der Waals surface area contributed by atoms with Gasteiger partial charge in [0, 0.05) is 18.0 Å². The maximum atomic E-state index is 4.52. The average molecular weight is 278 g/mol. The van der Waals surface area contributed by atoms with E-state index >= 15 is 0 Å². The Hall–Kier alpha value is -1.67. The van der Waals surface area contributed by atoms with E-state index < -0.39 is 0 Å². The summed E-state index contributed by atoms with van der Waals surface area (Å²) in [4.78, 5) is 4.52. The van der Waals surface area contributed by atoms with Crippen LogP contribution >= 0.6 is 0 Å². The summed E-state index contributed by atoms with van der Waals surface area (Å²) in [6.45, 7) is 2.41. The second-order valence-electron chi connectivity index (χ2n) is 6.58. The van der Waals surface area contributed by atoms with E-state index in [4.69, 9.17) is 0 Å². The third-order valence-electron chi connectivity index (χ3n) is 5.23. The first-order chi connectivity index (χ1) is 10.4. The van der Waals surface area contributed by atoms with Crippen LogP contribution in [-0.4, -0.2) is 18.1 Å². The van der Waals surface area contributed by atoms with Gasteiger partial charge in [0.15, 0.2) is 0 Å². The molecule has 2 bridgehead atoms. The van der Waals surface area contributed by atoms with Crippen molar-refractivity contribution in [3.63, 3.8) is 0 Å². The Bertz CT molecular complexity index is 608. The Labute approximate surface area is 126 Å². The van der Waals surface area contributed by atoms with E-state index in [1.165, 1.54) is 49.0 Å². The van der Waals surface area contributed by atoms with Crippen LogP contribution < -0.4 is 5.32 Å². The van der Waals surface area contributed by atoms with Gasteiger partial charge in [-0.15, -0.1) is 0 Å². The van der Waals surface area contributed by atoms with E-state index in [1.807, 2.05) is 6.20 Å². The molecule has 2 heteroatoms. The van der Waals surface area contributed by atoms with Gasteiger partial charge in [0.2, 0.25) is 0 Å². The molecule has 1 aliphatic heterocycles. The second-order valence-corrected chi connectivity index (χ2v) is 6.58. The molecule has 1 aromatic carbocycles. The number of piperidine rings is 1. The number of pyridine rings is 1. The van der Waals surface area contributed by atoms with Gasteiger partial charge in [0.05, 0.1) is 0 Å². The maximum Gasteiger partial charge on any atom is 0.0346 e. The fourth-order valence-electron chi connectivity index (χ4n) is 4.13. The Kier molecular flexibility index (Phi) is 3.48. The summed E-state index contributed by atoms with van der Waals surface area (Å²) in [5, 5.41) is 3.61. The zero-order valence-corrected chi connectivity index (χ0v) is 12.3. The van der Waals surface area contributed by atoms with Gasteiger partial charge in [-0.25, -0.2) is 0 Å². The highest BCUT2D eigenvalue weighted by Gasteiger charge is 2.34. The highest BCUT2D eigenvalue weighted by atomic mass is 14.9. The van der Waals surface area contributed by atoms with Gasteiger partial charge in [-0.05, 0) is 67.3 Å². The lowest BCUT2D eigenvalue weighted by atomic mass is 9.69. The number of benzene rings is 1. The number of hydrogen-bond acceptors (Lipinski definition) is 2. The first-order valence-electron chi connectivity index (χ1n) is 8.11. The summed E-state index contributed by atoms with van der Waals surface area (Å²) in [5.41, 5.74) is 3.95. The molecule has 1 N–H and O–H groups in total. The Balaban J connectivity index is 1.63. The summed E-state index contributed by atoms with van der Waals surface area (Å²) in [5.74, 6) is 2.39. The van der Waals surface area contributed by atoms with Crippen LogP contribution in [0.25, 0.3) is 11.1 Å². The number of aromatic nitrogens is 1. The quantitative estimate of drug-likeness (QED) is 0.902. The Morgan fingerprint density at radius 1 is 0.952 bits per heavy atom.